The van der Waals surface area contributed by atoms with Crippen LogP contribution >= 0.6 is 0 Å². The lowest BCUT2D eigenvalue weighted by molar-refractivity contribution is 0.295. The third kappa shape index (κ3) is 1.83. The summed E-state index contributed by atoms with van der Waals surface area (Å²) in [6.45, 7) is 6.25. The molecule has 0 aliphatic carbocycles. The van der Waals surface area contributed by atoms with E-state index in [0.29, 0.717) is 0 Å². The molecule has 2 rings (SSSR count). The SMILES string of the molecule is CC(C)(C)C1C=Cc2ccccc2[N+]1[O-]. The standard InChI is InChI=1S/C13H16NO/c1-13(2,3)12-9-8-10-6-4-5-7-11(10)14(12)15/h4-9,12H,1-3H3. The number of fused-ring (bicyclic) bond motifs is 1. The molecule has 0 amide bonds. The normalized spacial score (nSPS) is 21.5. The fraction of sp³-hybridized carbons (Fsp3) is 0.385. The Labute approximate surface area is 90.8 Å². The largest absolute Gasteiger partial charge is 0.576 e. The first kappa shape index (κ1) is 10.4. The molecule has 0 bridgehead atoms. The topological polar surface area (TPSA) is 29.0 Å². The molecule has 1 aliphatic heterocycles. The molecule has 0 saturated heterocycles. The maximum Gasteiger partial charge on any atom is 0.189 e. The van der Waals surface area contributed by atoms with Crippen molar-refractivity contribution in [3.8, 4) is 0 Å². The van der Waals surface area contributed by atoms with E-state index in [1.54, 1.807) is 0 Å². The van der Waals surface area contributed by atoms with Crippen LogP contribution < -0.4 is 5.06 Å². The quantitative estimate of drug-likeness (QED) is 0.468. The van der Waals surface area contributed by atoms with E-state index in [4.69, 9.17) is 0 Å². The van der Waals surface area contributed by atoms with Crippen LogP contribution in [0, 0.1) is 10.6 Å². The second-order valence-corrected chi connectivity index (χ2v) is 5.05. The van der Waals surface area contributed by atoms with Crippen LogP contribution in [-0.2, 0) is 0 Å². The highest BCUT2D eigenvalue weighted by atomic mass is 16.5. The number of anilines is 1. The summed E-state index contributed by atoms with van der Waals surface area (Å²) in [5.74, 6) is 0. The Morgan fingerprint density at radius 2 is 1.87 bits per heavy atom. The zero-order valence-electron chi connectivity index (χ0n) is 9.40. The van der Waals surface area contributed by atoms with Crippen molar-refractivity contribution in [2.75, 3.05) is 0 Å². The van der Waals surface area contributed by atoms with Crippen molar-refractivity contribution in [1.29, 1.82) is 0 Å². The second-order valence-electron chi connectivity index (χ2n) is 5.05. The van der Waals surface area contributed by atoms with Gasteiger partial charge in [0.15, 0.2) is 11.7 Å². The van der Waals surface area contributed by atoms with Crippen LogP contribution in [0.15, 0.2) is 30.3 Å². The lowest BCUT2D eigenvalue weighted by Gasteiger charge is -2.34. The van der Waals surface area contributed by atoms with Crippen molar-refractivity contribution in [1.82, 2.24) is 5.06 Å². The van der Waals surface area contributed by atoms with E-state index in [0.717, 1.165) is 16.3 Å². The van der Waals surface area contributed by atoms with E-state index in [2.05, 4.69) is 20.8 Å². The maximum atomic E-state index is 12.1. The number of benzene rings is 1. The van der Waals surface area contributed by atoms with E-state index in [1.807, 2.05) is 36.4 Å². The summed E-state index contributed by atoms with van der Waals surface area (Å²) in [5.41, 5.74) is 1.75. The molecule has 2 nitrogen and oxygen atoms in total. The third-order valence-electron chi connectivity index (χ3n) is 2.77. The molecule has 1 atom stereocenters. The van der Waals surface area contributed by atoms with E-state index >= 15 is 0 Å². The van der Waals surface area contributed by atoms with Crippen molar-refractivity contribution in [2.24, 2.45) is 5.41 Å². The van der Waals surface area contributed by atoms with E-state index in [-0.39, 0.29) is 11.5 Å². The van der Waals surface area contributed by atoms with Gasteiger partial charge in [-0.05, 0) is 18.2 Å². The number of nitrogens with zero attached hydrogens (tertiary/aromatic N) is 1. The number of hydrogen-bond acceptors (Lipinski definition) is 2. The van der Waals surface area contributed by atoms with Gasteiger partial charge in [-0.1, -0.05) is 32.9 Å². The molecule has 1 unspecified atom stereocenters. The van der Waals surface area contributed by atoms with Crippen LogP contribution in [0.2, 0.25) is 0 Å². The van der Waals surface area contributed by atoms with Gasteiger partial charge in [-0.25, -0.2) is 0 Å². The van der Waals surface area contributed by atoms with Gasteiger partial charge in [-0.15, -0.1) is 0 Å². The van der Waals surface area contributed by atoms with Crippen LogP contribution in [0.1, 0.15) is 26.3 Å². The van der Waals surface area contributed by atoms with Gasteiger partial charge < -0.3 is 5.21 Å². The summed E-state index contributed by atoms with van der Waals surface area (Å²) in [4.78, 5) is 0. The minimum Gasteiger partial charge on any atom is -0.576 e. The van der Waals surface area contributed by atoms with E-state index < -0.39 is 0 Å². The Morgan fingerprint density at radius 1 is 1.20 bits per heavy atom. The number of hydroxylamine groups is 1. The van der Waals surface area contributed by atoms with E-state index in [1.165, 1.54) is 0 Å². The zero-order valence-corrected chi connectivity index (χ0v) is 9.40. The summed E-state index contributed by atoms with van der Waals surface area (Å²) >= 11 is 0. The molecule has 1 aromatic carbocycles. The minimum absolute atomic E-state index is 0.0359. The molecular weight excluding hydrogens is 186 g/mol. The predicted molar refractivity (Wildman–Crippen MR) is 63.9 cm³/mol. The fourth-order valence-electron chi connectivity index (χ4n) is 1.89. The molecule has 2 heteroatoms. The van der Waals surface area contributed by atoms with Crippen molar-refractivity contribution >= 4 is 11.8 Å². The molecule has 0 aromatic heterocycles. The Balaban J connectivity index is 2.42. The van der Waals surface area contributed by atoms with Crippen LogP contribution in [-0.4, -0.2) is 6.04 Å². The average Bonchev–Trinajstić information content (AvgIpc) is 2.16. The molecule has 0 spiro atoms. The van der Waals surface area contributed by atoms with Gasteiger partial charge in [-0.3, -0.25) is 0 Å². The summed E-state index contributed by atoms with van der Waals surface area (Å²) in [5, 5.41) is 13.2. The molecule has 1 heterocycles. The summed E-state index contributed by atoms with van der Waals surface area (Å²) in [6, 6.07) is 7.63. The first-order valence-electron chi connectivity index (χ1n) is 5.24. The lowest BCUT2D eigenvalue weighted by Crippen LogP contribution is -2.41. The predicted octanol–water partition coefficient (Wildman–Crippen LogP) is 3.40. The zero-order chi connectivity index (χ0) is 11.1. The van der Waals surface area contributed by atoms with E-state index in [9.17, 15) is 5.21 Å². The maximum absolute atomic E-state index is 12.1. The van der Waals surface area contributed by atoms with Gasteiger partial charge in [-0.2, -0.15) is 5.06 Å². The van der Waals surface area contributed by atoms with Crippen molar-refractivity contribution in [3.63, 3.8) is 0 Å². The van der Waals surface area contributed by atoms with Gasteiger partial charge in [0, 0.05) is 17.0 Å². The van der Waals surface area contributed by atoms with Crippen LogP contribution in [0.4, 0.5) is 5.69 Å². The molecule has 0 fully saturated rings. The Morgan fingerprint density at radius 3 is 2.53 bits per heavy atom. The van der Waals surface area contributed by atoms with Crippen LogP contribution in [0.25, 0.3) is 6.08 Å². The smallest absolute Gasteiger partial charge is 0.189 e. The third-order valence-corrected chi connectivity index (χ3v) is 2.77. The fourth-order valence-corrected chi connectivity index (χ4v) is 1.89. The molecule has 1 radical (unpaired) electrons. The van der Waals surface area contributed by atoms with Gasteiger partial charge in [0.1, 0.15) is 0 Å². The molecular formula is C13H16NO. The van der Waals surface area contributed by atoms with Crippen LogP contribution in [0.3, 0.4) is 0 Å². The molecule has 0 N–H and O–H groups in total. The number of para-hydroxylation sites is 1. The van der Waals surface area contributed by atoms with Crippen molar-refractivity contribution < 1.29 is 0 Å². The first-order valence-corrected chi connectivity index (χ1v) is 5.24. The molecule has 15 heavy (non-hydrogen) atoms. The minimum atomic E-state index is -0.0765. The van der Waals surface area contributed by atoms with Gasteiger partial charge in [0.25, 0.3) is 0 Å². The van der Waals surface area contributed by atoms with Crippen molar-refractivity contribution in [2.45, 2.75) is 26.8 Å². The highest BCUT2D eigenvalue weighted by molar-refractivity contribution is 5.68. The average molecular weight is 202 g/mol. The molecule has 1 aliphatic rings. The molecule has 1 aromatic rings. The van der Waals surface area contributed by atoms with Gasteiger partial charge >= 0.3 is 0 Å². The summed E-state index contributed by atoms with van der Waals surface area (Å²) < 4.78 is 0. The highest BCUT2D eigenvalue weighted by Crippen LogP contribution is 2.34. The number of hydrogen-bond donors (Lipinski definition) is 0. The monoisotopic (exact) mass is 202 g/mol. The second kappa shape index (κ2) is 3.47. The first-order chi connectivity index (χ1) is 7.00. The Bertz CT molecular complexity index is 390. The summed E-state index contributed by atoms with van der Waals surface area (Å²) in [7, 11) is 0. The van der Waals surface area contributed by atoms with Crippen LogP contribution in [0.5, 0.6) is 0 Å². The van der Waals surface area contributed by atoms with Gasteiger partial charge in [0.05, 0.1) is 0 Å². The highest BCUT2D eigenvalue weighted by Gasteiger charge is 2.35. The Kier molecular flexibility index (Phi) is 2.41. The molecule has 0 saturated carbocycles. The Hall–Kier alpha value is -1.12. The van der Waals surface area contributed by atoms with Crippen molar-refractivity contribution in [3.05, 3.63) is 41.1 Å². The lowest BCUT2D eigenvalue weighted by atomic mass is 9.84. The number of rotatable bonds is 0. The van der Waals surface area contributed by atoms with Gasteiger partial charge in [0.2, 0.25) is 0 Å². The summed E-state index contributed by atoms with van der Waals surface area (Å²) in [6.07, 6.45) is 4.04. The molecule has 79 valence electrons.